The molecule has 26 heavy (non-hydrogen) atoms. The number of anilines is 1. The summed E-state index contributed by atoms with van der Waals surface area (Å²) in [6.45, 7) is 2.72. The van der Waals surface area contributed by atoms with Crippen molar-refractivity contribution < 1.29 is 9.59 Å². The lowest BCUT2D eigenvalue weighted by Crippen LogP contribution is -2.33. The van der Waals surface area contributed by atoms with E-state index in [9.17, 15) is 9.59 Å². The highest BCUT2D eigenvalue weighted by molar-refractivity contribution is 5.88. The molecule has 2 aromatic rings. The second kappa shape index (κ2) is 8.83. The Morgan fingerprint density at radius 1 is 1.08 bits per heavy atom. The summed E-state index contributed by atoms with van der Waals surface area (Å²) in [4.78, 5) is 25.5. The number of carbonyl (C=O) groups excluding carboxylic acids is 2. The number of benzene rings is 2. The molecule has 1 heterocycles. The van der Waals surface area contributed by atoms with Crippen LogP contribution in [0.1, 0.15) is 24.0 Å². The lowest BCUT2D eigenvalue weighted by Gasteiger charge is -2.16. The van der Waals surface area contributed by atoms with Crippen LogP contribution in [0.4, 0.5) is 5.69 Å². The Balaban J connectivity index is 0.00000243. The first-order chi connectivity index (χ1) is 12.0. The van der Waals surface area contributed by atoms with Gasteiger partial charge in [0.1, 0.15) is 0 Å². The Labute approximate surface area is 160 Å². The predicted octanol–water partition coefficient (Wildman–Crippen LogP) is 2.56. The minimum Gasteiger partial charge on any atom is -0.340 e. The van der Waals surface area contributed by atoms with Crippen LogP contribution >= 0.6 is 12.4 Å². The summed E-state index contributed by atoms with van der Waals surface area (Å²) in [7, 11) is 0. The maximum absolute atomic E-state index is 12.6. The van der Waals surface area contributed by atoms with Gasteiger partial charge in [-0.05, 0) is 23.3 Å². The maximum Gasteiger partial charge on any atom is 0.227 e. The van der Waals surface area contributed by atoms with Crippen LogP contribution in [0.15, 0.2) is 54.6 Å². The number of carbonyl (C=O) groups is 2. The van der Waals surface area contributed by atoms with Gasteiger partial charge in [-0.1, -0.05) is 42.5 Å². The fraction of sp³-hybridized carbons (Fsp3) is 0.300. The van der Waals surface area contributed by atoms with Crippen LogP contribution < -0.4 is 11.1 Å². The van der Waals surface area contributed by atoms with Crippen molar-refractivity contribution in [1.29, 1.82) is 0 Å². The molecule has 5 nitrogen and oxygen atoms in total. The van der Waals surface area contributed by atoms with Gasteiger partial charge in [-0.3, -0.25) is 9.59 Å². The average molecular weight is 374 g/mol. The summed E-state index contributed by atoms with van der Waals surface area (Å²) < 4.78 is 0. The first kappa shape index (κ1) is 19.9. The highest BCUT2D eigenvalue weighted by Gasteiger charge is 2.33. The maximum atomic E-state index is 12.6. The first-order valence-corrected chi connectivity index (χ1v) is 8.48. The van der Waals surface area contributed by atoms with Crippen molar-refractivity contribution in [2.45, 2.75) is 25.3 Å². The Morgan fingerprint density at radius 2 is 1.73 bits per heavy atom. The van der Waals surface area contributed by atoms with Crippen molar-refractivity contribution >= 4 is 29.9 Å². The lowest BCUT2D eigenvalue weighted by atomic mass is 9.95. The average Bonchev–Trinajstić information content (AvgIpc) is 2.99. The molecule has 0 aliphatic carbocycles. The number of nitrogens with one attached hydrogen (secondary N) is 1. The molecule has 6 heteroatoms. The summed E-state index contributed by atoms with van der Waals surface area (Å²) in [5.74, 6) is 0.162. The van der Waals surface area contributed by atoms with Crippen LogP contribution in [-0.2, 0) is 16.0 Å². The van der Waals surface area contributed by atoms with E-state index in [0.29, 0.717) is 19.5 Å². The molecule has 1 aliphatic rings. The number of likely N-dealkylation sites (tertiary alicyclic amines) is 1. The third kappa shape index (κ3) is 4.84. The summed E-state index contributed by atoms with van der Waals surface area (Å²) in [6.07, 6.45) is 0.342. The van der Waals surface area contributed by atoms with Crippen molar-refractivity contribution in [3.63, 3.8) is 0 Å². The van der Waals surface area contributed by atoms with E-state index >= 15 is 0 Å². The van der Waals surface area contributed by atoms with Crippen LogP contribution in [0.5, 0.6) is 0 Å². The molecule has 138 valence electrons. The van der Waals surface area contributed by atoms with Crippen molar-refractivity contribution in [1.82, 2.24) is 4.90 Å². The third-order valence-electron chi connectivity index (χ3n) is 4.58. The van der Waals surface area contributed by atoms with Gasteiger partial charge in [-0.25, -0.2) is 0 Å². The fourth-order valence-corrected chi connectivity index (χ4v) is 3.28. The monoisotopic (exact) mass is 373 g/mol. The molecule has 0 radical (unpaired) electrons. The van der Waals surface area contributed by atoms with E-state index in [1.165, 1.54) is 12.5 Å². The molecule has 1 aliphatic heterocycles. The minimum absolute atomic E-state index is 0. The summed E-state index contributed by atoms with van der Waals surface area (Å²) in [5, 5.41) is 2.72. The molecular formula is C20H24ClN3O2. The van der Waals surface area contributed by atoms with Crippen molar-refractivity contribution in [3.05, 3.63) is 65.7 Å². The molecule has 3 N–H and O–H groups in total. The molecule has 3 rings (SSSR count). The van der Waals surface area contributed by atoms with E-state index in [0.717, 1.165) is 11.3 Å². The zero-order valence-corrected chi connectivity index (χ0v) is 15.5. The van der Waals surface area contributed by atoms with E-state index in [1.54, 1.807) is 0 Å². The Kier molecular flexibility index (Phi) is 6.77. The van der Waals surface area contributed by atoms with E-state index in [1.807, 2.05) is 47.4 Å². The van der Waals surface area contributed by atoms with Crippen molar-refractivity contribution in [3.8, 4) is 0 Å². The summed E-state index contributed by atoms with van der Waals surface area (Å²) >= 11 is 0. The van der Waals surface area contributed by atoms with E-state index in [4.69, 9.17) is 5.73 Å². The van der Waals surface area contributed by atoms with Gasteiger partial charge in [0.15, 0.2) is 0 Å². The standard InChI is InChI=1S/C20H23N3O2.ClH/c1-14(24)22-17-9-7-15(8-10-17)11-20(25)23-12-18(19(21)13-23)16-5-3-2-4-6-16;/h2-10,18-19H,11-13,21H2,1H3,(H,22,24);1H/t18-,19+;/m0./s1. The zero-order chi connectivity index (χ0) is 17.8. The number of hydrogen-bond acceptors (Lipinski definition) is 3. The molecule has 1 saturated heterocycles. The summed E-state index contributed by atoms with van der Waals surface area (Å²) in [5.41, 5.74) is 9.11. The van der Waals surface area contributed by atoms with E-state index in [-0.39, 0.29) is 36.2 Å². The molecule has 0 unspecified atom stereocenters. The van der Waals surface area contributed by atoms with Gasteiger partial charge in [0.25, 0.3) is 0 Å². The van der Waals surface area contributed by atoms with E-state index < -0.39 is 0 Å². The zero-order valence-electron chi connectivity index (χ0n) is 14.7. The van der Waals surface area contributed by atoms with Crippen LogP contribution in [0.2, 0.25) is 0 Å². The molecular weight excluding hydrogens is 350 g/mol. The molecule has 0 bridgehead atoms. The van der Waals surface area contributed by atoms with Crippen LogP contribution in [0, 0.1) is 0 Å². The molecule has 2 aromatic carbocycles. The second-order valence-electron chi connectivity index (χ2n) is 6.53. The Hall–Kier alpha value is -2.37. The summed E-state index contributed by atoms with van der Waals surface area (Å²) in [6, 6.07) is 17.5. The lowest BCUT2D eigenvalue weighted by molar-refractivity contribution is -0.129. The van der Waals surface area contributed by atoms with Crippen molar-refractivity contribution in [2.75, 3.05) is 18.4 Å². The van der Waals surface area contributed by atoms with Gasteiger partial charge in [-0.15, -0.1) is 12.4 Å². The largest absolute Gasteiger partial charge is 0.340 e. The number of halogens is 1. The molecule has 0 spiro atoms. The van der Waals surface area contributed by atoms with Gasteiger partial charge in [0.2, 0.25) is 11.8 Å². The number of nitrogens with zero attached hydrogens (tertiary/aromatic N) is 1. The molecule has 0 aromatic heterocycles. The van der Waals surface area contributed by atoms with E-state index in [2.05, 4.69) is 17.4 Å². The Morgan fingerprint density at radius 3 is 2.35 bits per heavy atom. The number of rotatable bonds is 4. The quantitative estimate of drug-likeness (QED) is 0.864. The number of nitrogens with two attached hydrogens (primary N) is 1. The van der Waals surface area contributed by atoms with Gasteiger partial charge in [-0.2, -0.15) is 0 Å². The van der Waals surface area contributed by atoms with Gasteiger partial charge < -0.3 is 16.0 Å². The number of amides is 2. The first-order valence-electron chi connectivity index (χ1n) is 8.48. The fourth-order valence-electron chi connectivity index (χ4n) is 3.28. The second-order valence-corrected chi connectivity index (χ2v) is 6.53. The van der Waals surface area contributed by atoms with Crippen LogP contribution in [-0.4, -0.2) is 35.8 Å². The predicted molar refractivity (Wildman–Crippen MR) is 105 cm³/mol. The molecule has 0 saturated carbocycles. The molecule has 2 atom stereocenters. The van der Waals surface area contributed by atoms with Gasteiger partial charge in [0.05, 0.1) is 6.42 Å². The highest BCUT2D eigenvalue weighted by atomic mass is 35.5. The number of hydrogen-bond donors (Lipinski definition) is 2. The molecule has 1 fully saturated rings. The van der Waals surface area contributed by atoms with Crippen LogP contribution in [0.3, 0.4) is 0 Å². The van der Waals surface area contributed by atoms with Gasteiger partial charge in [0, 0.05) is 37.7 Å². The van der Waals surface area contributed by atoms with Crippen LogP contribution in [0.25, 0.3) is 0 Å². The SMILES string of the molecule is CC(=O)Nc1ccc(CC(=O)N2C[C@@H](N)[C@H](c3ccccc3)C2)cc1.Cl. The highest BCUT2D eigenvalue weighted by Crippen LogP contribution is 2.26. The third-order valence-corrected chi connectivity index (χ3v) is 4.58. The smallest absolute Gasteiger partial charge is 0.227 e. The van der Waals surface area contributed by atoms with Crippen molar-refractivity contribution in [2.24, 2.45) is 5.73 Å². The normalized spacial score (nSPS) is 18.9. The van der Waals surface area contributed by atoms with Gasteiger partial charge >= 0.3 is 0 Å². The Bertz CT molecular complexity index is 749. The molecule has 2 amide bonds. The minimum atomic E-state index is -0.109. The topological polar surface area (TPSA) is 75.4 Å².